The van der Waals surface area contributed by atoms with Crippen molar-refractivity contribution in [3.8, 4) is 0 Å². The van der Waals surface area contributed by atoms with Crippen molar-refractivity contribution in [3.63, 3.8) is 0 Å². The van der Waals surface area contributed by atoms with E-state index in [2.05, 4.69) is 31.1 Å². The van der Waals surface area contributed by atoms with E-state index >= 15 is 0 Å². The average Bonchev–Trinajstić information content (AvgIpc) is 2.46. The molecule has 0 heterocycles. The fourth-order valence-electron chi connectivity index (χ4n) is 4.22. The van der Waals surface area contributed by atoms with Crippen LogP contribution in [0.3, 0.4) is 0 Å². The van der Waals surface area contributed by atoms with E-state index in [4.69, 9.17) is 0 Å². The summed E-state index contributed by atoms with van der Waals surface area (Å²) in [5.41, 5.74) is 0.509. The summed E-state index contributed by atoms with van der Waals surface area (Å²) in [5, 5.41) is 13.1. The van der Waals surface area contributed by atoms with Gasteiger partial charge in [0.15, 0.2) is 0 Å². The monoisotopic (exact) mass is 282 g/mol. The number of nitrogens with zero attached hydrogens (tertiary/aromatic N) is 1. The van der Waals surface area contributed by atoms with Crippen LogP contribution in [0.1, 0.15) is 65.2 Å². The van der Waals surface area contributed by atoms with Crippen molar-refractivity contribution >= 4 is 0 Å². The van der Waals surface area contributed by atoms with Crippen LogP contribution in [0.25, 0.3) is 0 Å². The molecule has 2 atom stereocenters. The van der Waals surface area contributed by atoms with E-state index in [1.54, 1.807) is 0 Å². The lowest BCUT2D eigenvalue weighted by Gasteiger charge is -2.47. The highest BCUT2D eigenvalue weighted by molar-refractivity contribution is 4.97. The Kier molecular flexibility index (Phi) is 5.14. The molecule has 2 aliphatic carbocycles. The Morgan fingerprint density at radius 2 is 1.75 bits per heavy atom. The average molecular weight is 282 g/mol. The number of hydrogen-bond donors (Lipinski definition) is 2. The van der Waals surface area contributed by atoms with Crippen LogP contribution in [0.4, 0.5) is 0 Å². The molecule has 3 heteroatoms. The molecule has 0 spiro atoms. The first-order valence-corrected chi connectivity index (χ1v) is 8.43. The highest BCUT2D eigenvalue weighted by Crippen LogP contribution is 2.39. The van der Waals surface area contributed by atoms with E-state index in [1.165, 1.54) is 38.5 Å². The van der Waals surface area contributed by atoms with Crippen LogP contribution >= 0.6 is 0 Å². The highest BCUT2D eigenvalue weighted by Gasteiger charge is 2.38. The molecular weight excluding hydrogens is 248 g/mol. The third kappa shape index (κ3) is 3.55. The van der Waals surface area contributed by atoms with Crippen LogP contribution in [0.15, 0.2) is 0 Å². The summed E-state index contributed by atoms with van der Waals surface area (Å²) in [6.45, 7) is 5.08. The molecule has 2 saturated carbocycles. The first kappa shape index (κ1) is 16.3. The van der Waals surface area contributed by atoms with Crippen molar-refractivity contribution in [2.24, 2.45) is 5.41 Å². The lowest BCUT2D eigenvalue weighted by Crippen LogP contribution is -2.55. The molecule has 0 aliphatic heterocycles. The smallest absolute Gasteiger partial charge is 0.0613 e. The number of likely N-dealkylation sites (N-methyl/N-ethyl adjacent to an activating group) is 1. The fourth-order valence-corrected chi connectivity index (χ4v) is 4.22. The molecule has 118 valence electrons. The summed E-state index contributed by atoms with van der Waals surface area (Å²) in [4.78, 5) is 2.64. The number of nitrogens with one attached hydrogen (secondary N) is 1. The molecule has 0 aromatic heterocycles. The van der Waals surface area contributed by atoms with Gasteiger partial charge in [-0.2, -0.15) is 0 Å². The van der Waals surface area contributed by atoms with Crippen LogP contribution in [0, 0.1) is 5.41 Å². The normalized spacial score (nSPS) is 35.4. The van der Waals surface area contributed by atoms with Crippen molar-refractivity contribution in [2.45, 2.75) is 82.8 Å². The van der Waals surface area contributed by atoms with Crippen LogP contribution in [-0.2, 0) is 0 Å². The quantitative estimate of drug-likeness (QED) is 0.832. The van der Waals surface area contributed by atoms with E-state index in [1.807, 2.05) is 7.05 Å². The minimum Gasteiger partial charge on any atom is -0.394 e. The lowest BCUT2D eigenvalue weighted by molar-refractivity contribution is 0.0353. The molecule has 2 rings (SSSR count). The van der Waals surface area contributed by atoms with Gasteiger partial charge in [0.1, 0.15) is 0 Å². The molecule has 3 nitrogen and oxygen atoms in total. The van der Waals surface area contributed by atoms with E-state index < -0.39 is 0 Å². The third-order valence-electron chi connectivity index (χ3n) is 6.11. The Hall–Kier alpha value is -0.120. The number of aliphatic hydroxyl groups is 1. The van der Waals surface area contributed by atoms with Gasteiger partial charge in [0.2, 0.25) is 0 Å². The van der Waals surface area contributed by atoms with Crippen LogP contribution < -0.4 is 5.32 Å². The second kappa shape index (κ2) is 6.33. The molecule has 0 aromatic rings. The summed E-state index contributed by atoms with van der Waals surface area (Å²) >= 11 is 0. The van der Waals surface area contributed by atoms with Gasteiger partial charge in [0.05, 0.1) is 6.61 Å². The Morgan fingerprint density at radius 3 is 2.30 bits per heavy atom. The van der Waals surface area contributed by atoms with E-state index in [0.717, 1.165) is 18.9 Å². The van der Waals surface area contributed by atoms with E-state index in [9.17, 15) is 5.11 Å². The summed E-state index contributed by atoms with van der Waals surface area (Å²) in [6, 6.07) is 1.38. The SMILES string of the molecule is CNC1(CO)CCCC(N(C)C2CCC(C)(C)CC2)C1. The second-order valence-corrected chi connectivity index (χ2v) is 8.00. The molecular formula is C17H34N2O. The van der Waals surface area contributed by atoms with Crippen LogP contribution in [-0.4, -0.2) is 48.3 Å². The van der Waals surface area contributed by atoms with Crippen LogP contribution in [0.5, 0.6) is 0 Å². The Bertz CT molecular complexity index is 302. The van der Waals surface area contributed by atoms with Crippen LogP contribution in [0.2, 0.25) is 0 Å². The van der Waals surface area contributed by atoms with Crippen molar-refractivity contribution in [3.05, 3.63) is 0 Å². The van der Waals surface area contributed by atoms with Gasteiger partial charge >= 0.3 is 0 Å². The molecule has 2 unspecified atom stereocenters. The van der Waals surface area contributed by atoms with Gasteiger partial charge in [-0.05, 0) is 70.9 Å². The van der Waals surface area contributed by atoms with Crippen molar-refractivity contribution in [2.75, 3.05) is 20.7 Å². The van der Waals surface area contributed by atoms with Crippen molar-refractivity contribution < 1.29 is 5.11 Å². The predicted molar refractivity (Wildman–Crippen MR) is 84.9 cm³/mol. The third-order valence-corrected chi connectivity index (χ3v) is 6.11. The lowest BCUT2D eigenvalue weighted by atomic mass is 9.74. The largest absolute Gasteiger partial charge is 0.394 e. The second-order valence-electron chi connectivity index (χ2n) is 8.00. The maximum atomic E-state index is 9.74. The molecule has 20 heavy (non-hydrogen) atoms. The van der Waals surface area contributed by atoms with Gasteiger partial charge in [-0.25, -0.2) is 0 Å². The van der Waals surface area contributed by atoms with Crippen molar-refractivity contribution in [1.82, 2.24) is 10.2 Å². The maximum absolute atomic E-state index is 9.74. The molecule has 2 aliphatic rings. The predicted octanol–water partition coefficient (Wildman–Crippen LogP) is 2.78. The standard InChI is InChI=1S/C17H34N2O/c1-16(2)10-7-14(8-11-16)19(4)15-6-5-9-17(12-15,13-20)18-3/h14-15,18,20H,5-13H2,1-4H3. The van der Waals surface area contributed by atoms with Gasteiger partial charge in [0.25, 0.3) is 0 Å². The summed E-state index contributed by atoms with van der Waals surface area (Å²) in [7, 11) is 4.32. The van der Waals surface area contributed by atoms with Crippen molar-refractivity contribution in [1.29, 1.82) is 0 Å². The number of hydrogen-bond acceptors (Lipinski definition) is 3. The summed E-state index contributed by atoms with van der Waals surface area (Å²) in [5.74, 6) is 0. The Balaban J connectivity index is 1.94. The van der Waals surface area contributed by atoms with E-state index in [-0.39, 0.29) is 12.1 Å². The van der Waals surface area contributed by atoms with Gasteiger partial charge < -0.3 is 15.3 Å². The Labute approximate surface area is 125 Å². The van der Waals surface area contributed by atoms with Gasteiger partial charge in [-0.1, -0.05) is 13.8 Å². The zero-order valence-corrected chi connectivity index (χ0v) is 13.9. The van der Waals surface area contributed by atoms with Gasteiger partial charge in [-0.15, -0.1) is 0 Å². The minimum absolute atomic E-state index is 0.0366. The summed E-state index contributed by atoms with van der Waals surface area (Å²) in [6.07, 6.45) is 10.1. The van der Waals surface area contributed by atoms with Gasteiger partial charge in [0, 0.05) is 17.6 Å². The first-order chi connectivity index (χ1) is 9.41. The molecule has 2 fully saturated rings. The fraction of sp³-hybridized carbons (Fsp3) is 1.00. The molecule has 0 radical (unpaired) electrons. The molecule has 0 aromatic carbocycles. The topological polar surface area (TPSA) is 35.5 Å². The number of rotatable bonds is 4. The minimum atomic E-state index is -0.0366. The molecule has 0 amide bonds. The maximum Gasteiger partial charge on any atom is 0.0613 e. The zero-order chi connectivity index (χ0) is 14.8. The zero-order valence-electron chi connectivity index (χ0n) is 13.9. The Morgan fingerprint density at radius 1 is 1.10 bits per heavy atom. The highest BCUT2D eigenvalue weighted by atomic mass is 16.3. The number of aliphatic hydroxyl groups excluding tert-OH is 1. The summed E-state index contributed by atoms with van der Waals surface area (Å²) < 4.78 is 0. The van der Waals surface area contributed by atoms with Gasteiger partial charge in [-0.3, -0.25) is 0 Å². The molecule has 2 N–H and O–H groups in total. The molecule has 0 saturated heterocycles. The van der Waals surface area contributed by atoms with E-state index in [0.29, 0.717) is 11.5 Å². The molecule has 0 bridgehead atoms. The first-order valence-electron chi connectivity index (χ1n) is 8.43.